The molecule has 1 heterocycles. The van der Waals surface area contributed by atoms with Crippen molar-refractivity contribution in [3.05, 3.63) is 89.5 Å². The minimum absolute atomic E-state index is 0.108. The third kappa shape index (κ3) is 4.21. The fourth-order valence-electron chi connectivity index (χ4n) is 3.09. The molecule has 1 aliphatic heterocycles. The van der Waals surface area contributed by atoms with Crippen molar-refractivity contribution in [3.63, 3.8) is 0 Å². The number of carbonyl (C=O) groups is 2. The van der Waals surface area contributed by atoms with E-state index >= 15 is 0 Å². The van der Waals surface area contributed by atoms with Crippen LogP contribution in [0.2, 0.25) is 0 Å². The first-order chi connectivity index (χ1) is 14.1. The molecule has 4 rings (SSSR count). The molecule has 146 valence electrons. The number of anilines is 1. The summed E-state index contributed by atoms with van der Waals surface area (Å²) in [6.45, 7) is 0.669. The largest absolute Gasteiger partial charge is 0.454 e. The zero-order chi connectivity index (χ0) is 20.2. The van der Waals surface area contributed by atoms with Crippen LogP contribution in [0.4, 0.5) is 5.69 Å². The Bertz CT molecular complexity index is 1030. The van der Waals surface area contributed by atoms with Crippen LogP contribution in [-0.2, 0) is 6.54 Å². The van der Waals surface area contributed by atoms with Crippen molar-refractivity contribution in [1.29, 1.82) is 0 Å². The Balaban J connectivity index is 1.39. The number of rotatable bonds is 5. The van der Waals surface area contributed by atoms with Crippen LogP contribution in [0, 0.1) is 0 Å². The number of nitrogens with one attached hydrogen (secondary N) is 1. The Labute approximate surface area is 168 Å². The zero-order valence-corrected chi connectivity index (χ0v) is 15.9. The van der Waals surface area contributed by atoms with Gasteiger partial charge in [0.25, 0.3) is 11.8 Å². The lowest BCUT2D eigenvalue weighted by atomic mass is 10.1. The molecule has 0 bridgehead atoms. The number of benzene rings is 3. The van der Waals surface area contributed by atoms with E-state index in [0.29, 0.717) is 29.1 Å². The van der Waals surface area contributed by atoms with Crippen LogP contribution in [0.5, 0.6) is 11.5 Å². The molecule has 3 aromatic carbocycles. The van der Waals surface area contributed by atoms with Gasteiger partial charge in [0.15, 0.2) is 11.5 Å². The second-order valence-corrected chi connectivity index (χ2v) is 6.75. The molecule has 0 fully saturated rings. The van der Waals surface area contributed by atoms with Crippen molar-refractivity contribution in [3.8, 4) is 11.5 Å². The maximum Gasteiger partial charge on any atom is 0.255 e. The Kier molecular flexibility index (Phi) is 5.16. The average molecular weight is 388 g/mol. The van der Waals surface area contributed by atoms with E-state index < -0.39 is 0 Å². The van der Waals surface area contributed by atoms with E-state index in [1.807, 2.05) is 36.4 Å². The van der Waals surface area contributed by atoms with E-state index in [0.717, 1.165) is 11.3 Å². The Morgan fingerprint density at radius 1 is 0.897 bits per heavy atom. The number of amides is 2. The van der Waals surface area contributed by atoms with Crippen LogP contribution >= 0.6 is 0 Å². The van der Waals surface area contributed by atoms with Crippen LogP contribution in [0.15, 0.2) is 72.8 Å². The Hall–Kier alpha value is -3.80. The summed E-state index contributed by atoms with van der Waals surface area (Å²) in [5.41, 5.74) is 2.72. The van der Waals surface area contributed by atoms with E-state index in [2.05, 4.69) is 5.32 Å². The highest BCUT2D eigenvalue weighted by atomic mass is 16.7. The first-order valence-electron chi connectivity index (χ1n) is 9.20. The van der Waals surface area contributed by atoms with E-state index in [4.69, 9.17) is 9.47 Å². The van der Waals surface area contributed by atoms with Gasteiger partial charge in [-0.05, 0) is 54.1 Å². The zero-order valence-electron chi connectivity index (χ0n) is 15.9. The van der Waals surface area contributed by atoms with E-state index in [9.17, 15) is 9.59 Å². The monoisotopic (exact) mass is 388 g/mol. The van der Waals surface area contributed by atoms with Crippen LogP contribution in [0.1, 0.15) is 26.3 Å². The van der Waals surface area contributed by atoms with E-state index in [-0.39, 0.29) is 18.6 Å². The average Bonchev–Trinajstić information content (AvgIpc) is 3.22. The molecule has 29 heavy (non-hydrogen) atoms. The summed E-state index contributed by atoms with van der Waals surface area (Å²) in [7, 11) is 1.75. The van der Waals surface area contributed by atoms with Crippen molar-refractivity contribution < 1.29 is 19.1 Å². The van der Waals surface area contributed by atoms with Gasteiger partial charge >= 0.3 is 0 Å². The standard InChI is InChI=1S/C23H20N2O4/c1-25(14-16-7-12-20-21(13-16)29-15-28-20)23(27)18-8-10-19(11-9-18)24-22(26)17-5-3-2-4-6-17/h2-13H,14-15H2,1H3,(H,24,26). The molecule has 0 aromatic heterocycles. The third-order valence-corrected chi connectivity index (χ3v) is 4.63. The molecule has 0 unspecified atom stereocenters. The van der Waals surface area contributed by atoms with Crippen molar-refractivity contribution >= 4 is 17.5 Å². The first kappa shape index (κ1) is 18.6. The molecule has 3 aromatic rings. The molecule has 0 atom stereocenters. The molecule has 0 saturated carbocycles. The molecule has 0 radical (unpaired) electrons. The predicted octanol–water partition coefficient (Wildman–Crippen LogP) is 3.94. The van der Waals surface area contributed by atoms with Crippen molar-refractivity contribution in [2.24, 2.45) is 0 Å². The van der Waals surface area contributed by atoms with Gasteiger partial charge in [0.05, 0.1) is 0 Å². The number of carbonyl (C=O) groups excluding carboxylic acids is 2. The van der Waals surface area contributed by atoms with Gasteiger partial charge in [-0.25, -0.2) is 0 Å². The normalized spacial score (nSPS) is 11.8. The molecule has 1 aliphatic rings. The maximum atomic E-state index is 12.7. The third-order valence-electron chi connectivity index (χ3n) is 4.63. The van der Waals surface area contributed by atoms with Gasteiger partial charge in [0.1, 0.15) is 0 Å². The topological polar surface area (TPSA) is 67.9 Å². The SMILES string of the molecule is CN(Cc1ccc2c(c1)OCO2)C(=O)c1ccc(NC(=O)c2ccccc2)cc1. The van der Waals surface area contributed by atoms with Gasteiger partial charge in [0, 0.05) is 30.4 Å². The van der Waals surface area contributed by atoms with Crippen LogP contribution in [0.3, 0.4) is 0 Å². The van der Waals surface area contributed by atoms with Gasteiger partial charge in [-0.1, -0.05) is 24.3 Å². The van der Waals surface area contributed by atoms with Gasteiger partial charge in [-0.3, -0.25) is 9.59 Å². The number of hydrogen-bond acceptors (Lipinski definition) is 4. The first-order valence-corrected chi connectivity index (χ1v) is 9.20. The second kappa shape index (κ2) is 8.06. The van der Waals surface area contributed by atoms with Gasteiger partial charge in [-0.15, -0.1) is 0 Å². The van der Waals surface area contributed by atoms with Gasteiger partial charge in [-0.2, -0.15) is 0 Å². The lowest BCUT2D eigenvalue weighted by Crippen LogP contribution is -2.26. The summed E-state index contributed by atoms with van der Waals surface area (Å²) >= 11 is 0. The highest BCUT2D eigenvalue weighted by molar-refractivity contribution is 6.04. The number of nitrogens with zero attached hydrogens (tertiary/aromatic N) is 1. The molecular weight excluding hydrogens is 368 g/mol. The van der Waals surface area contributed by atoms with Crippen LogP contribution in [0.25, 0.3) is 0 Å². The lowest BCUT2D eigenvalue weighted by Gasteiger charge is -2.18. The summed E-state index contributed by atoms with van der Waals surface area (Å²) in [6, 6.07) is 21.5. The summed E-state index contributed by atoms with van der Waals surface area (Å²) in [5, 5.41) is 2.83. The number of hydrogen-bond donors (Lipinski definition) is 1. The molecule has 2 amide bonds. The van der Waals surface area contributed by atoms with Crippen LogP contribution in [-0.4, -0.2) is 30.6 Å². The maximum absolute atomic E-state index is 12.7. The van der Waals surface area contributed by atoms with Crippen molar-refractivity contribution in [2.75, 3.05) is 19.2 Å². The van der Waals surface area contributed by atoms with Gasteiger partial charge < -0.3 is 19.7 Å². The lowest BCUT2D eigenvalue weighted by molar-refractivity contribution is 0.0785. The molecule has 6 heteroatoms. The highest BCUT2D eigenvalue weighted by Gasteiger charge is 2.16. The summed E-state index contributed by atoms with van der Waals surface area (Å²) < 4.78 is 10.7. The predicted molar refractivity (Wildman–Crippen MR) is 109 cm³/mol. The molecule has 0 spiro atoms. The highest BCUT2D eigenvalue weighted by Crippen LogP contribution is 2.32. The quantitative estimate of drug-likeness (QED) is 0.719. The Morgan fingerprint density at radius 2 is 1.62 bits per heavy atom. The molecule has 6 nitrogen and oxygen atoms in total. The minimum atomic E-state index is -0.190. The minimum Gasteiger partial charge on any atom is -0.454 e. The van der Waals surface area contributed by atoms with Crippen molar-refractivity contribution in [2.45, 2.75) is 6.54 Å². The number of fused-ring (bicyclic) bond motifs is 1. The van der Waals surface area contributed by atoms with Crippen molar-refractivity contribution in [1.82, 2.24) is 4.90 Å². The van der Waals surface area contributed by atoms with E-state index in [1.165, 1.54) is 0 Å². The fraction of sp³-hybridized carbons (Fsp3) is 0.130. The second-order valence-electron chi connectivity index (χ2n) is 6.75. The summed E-state index contributed by atoms with van der Waals surface area (Å²) in [5.74, 6) is 1.12. The summed E-state index contributed by atoms with van der Waals surface area (Å²) in [4.78, 5) is 26.6. The van der Waals surface area contributed by atoms with E-state index in [1.54, 1.807) is 48.3 Å². The van der Waals surface area contributed by atoms with Crippen LogP contribution < -0.4 is 14.8 Å². The fourth-order valence-corrected chi connectivity index (χ4v) is 3.09. The summed E-state index contributed by atoms with van der Waals surface area (Å²) in [6.07, 6.45) is 0. The molecular formula is C23H20N2O4. The smallest absolute Gasteiger partial charge is 0.255 e. The molecule has 0 aliphatic carbocycles. The molecule has 0 saturated heterocycles. The molecule has 1 N–H and O–H groups in total. The Morgan fingerprint density at radius 3 is 2.38 bits per heavy atom. The van der Waals surface area contributed by atoms with Gasteiger partial charge in [0.2, 0.25) is 6.79 Å². The number of ether oxygens (including phenoxy) is 2.